The van der Waals surface area contributed by atoms with Crippen LogP contribution in [-0.4, -0.2) is 11.7 Å². The number of hydrogen-bond acceptors (Lipinski definition) is 2. The highest BCUT2D eigenvalue weighted by molar-refractivity contribution is 9.10. The molecule has 1 rings (SSSR count). The molecule has 0 saturated carbocycles. The normalized spacial score (nSPS) is 12.0. The molecule has 14 heavy (non-hydrogen) atoms. The van der Waals surface area contributed by atoms with Gasteiger partial charge < -0.3 is 10.8 Å². The van der Waals surface area contributed by atoms with Gasteiger partial charge in [-0.2, -0.15) is 0 Å². The van der Waals surface area contributed by atoms with Gasteiger partial charge in [0.1, 0.15) is 0 Å². The fourth-order valence-corrected chi connectivity index (χ4v) is 1.68. The van der Waals surface area contributed by atoms with E-state index in [9.17, 15) is 0 Å². The Kier molecular flexibility index (Phi) is 6.36. The first-order chi connectivity index (χ1) is 6.15. The minimum atomic E-state index is -0.0671. The Labute approximate surface area is 99.0 Å². The van der Waals surface area contributed by atoms with Crippen molar-refractivity contribution in [2.24, 2.45) is 5.73 Å². The zero-order valence-electron chi connectivity index (χ0n) is 8.03. The Morgan fingerprint density at radius 2 is 2.14 bits per heavy atom. The SMILES string of the molecule is Cc1ccc(Br)cc1[C@H](N)CCO.Cl. The zero-order chi connectivity index (χ0) is 9.84. The van der Waals surface area contributed by atoms with Crippen molar-refractivity contribution in [1.82, 2.24) is 0 Å². The van der Waals surface area contributed by atoms with Crippen LogP contribution in [0.5, 0.6) is 0 Å². The van der Waals surface area contributed by atoms with E-state index in [1.54, 1.807) is 0 Å². The number of benzene rings is 1. The van der Waals surface area contributed by atoms with Gasteiger partial charge in [-0.1, -0.05) is 22.0 Å². The van der Waals surface area contributed by atoms with E-state index in [-0.39, 0.29) is 25.1 Å². The fraction of sp³-hybridized carbons (Fsp3) is 0.400. The summed E-state index contributed by atoms with van der Waals surface area (Å²) in [5.74, 6) is 0. The largest absolute Gasteiger partial charge is 0.396 e. The summed E-state index contributed by atoms with van der Waals surface area (Å²) >= 11 is 3.40. The monoisotopic (exact) mass is 279 g/mol. The fourth-order valence-electron chi connectivity index (χ4n) is 1.31. The highest BCUT2D eigenvalue weighted by atomic mass is 79.9. The minimum Gasteiger partial charge on any atom is -0.396 e. The molecule has 0 amide bonds. The van der Waals surface area contributed by atoms with E-state index in [1.165, 1.54) is 5.56 Å². The molecule has 0 unspecified atom stereocenters. The molecule has 1 aromatic rings. The van der Waals surface area contributed by atoms with Gasteiger partial charge >= 0.3 is 0 Å². The summed E-state index contributed by atoms with van der Waals surface area (Å²) in [4.78, 5) is 0. The van der Waals surface area contributed by atoms with Crippen molar-refractivity contribution in [3.8, 4) is 0 Å². The van der Waals surface area contributed by atoms with Crippen LogP contribution in [0.15, 0.2) is 22.7 Å². The number of aliphatic hydroxyl groups is 1. The molecule has 0 radical (unpaired) electrons. The molecule has 4 heteroatoms. The maximum Gasteiger partial charge on any atom is 0.0449 e. The summed E-state index contributed by atoms with van der Waals surface area (Å²) in [6.45, 7) is 2.16. The average Bonchev–Trinajstić information content (AvgIpc) is 2.09. The van der Waals surface area contributed by atoms with E-state index < -0.39 is 0 Å². The van der Waals surface area contributed by atoms with Crippen LogP contribution in [0.2, 0.25) is 0 Å². The second kappa shape index (κ2) is 6.40. The molecule has 0 bridgehead atoms. The lowest BCUT2D eigenvalue weighted by molar-refractivity contribution is 0.276. The number of aliphatic hydroxyl groups excluding tert-OH is 1. The Morgan fingerprint density at radius 1 is 1.50 bits per heavy atom. The van der Waals surface area contributed by atoms with E-state index in [1.807, 2.05) is 25.1 Å². The lowest BCUT2D eigenvalue weighted by Gasteiger charge is -2.13. The second-order valence-electron chi connectivity index (χ2n) is 3.12. The van der Waals surface area contributed by atoms with Crippen molar-refractivity contribution >= 4 is 28.3 Å². The van der Waals surface area contributed by atoms with E-state index in [0.717, 1.165) is 10.0 Å². The van der Waals surface area contributed by atoms with E-state index in [4.69, 9.17) is 10.8 Å². The molecule has 1 atom stereocenters. The molecule has 0 saturated heterocycles. The first-order valence-corrected chi connectivity index (χ1v) is 5.07. The quantitative estimate of drug-likeness (QED) is 0.894. The number of halogens is 2. The number of rotatable bonds is 3. The van der Waals surface area contributed by atoms with Crippen LogP contribution in [-0.2, 0) is 0 Å². The Balaban J connectivity index is 0.00000169. The van der Waals surface area contributed by atoms with Gasteiger partial charge in [0, 0.05) is 17.1 Å². The van der Waals surface area contributed by atoms with Gasteiger partial charge in [-0.15, -0.1) is 12.4 Å². The van der Waals surface area contributed by atoms with Crippen LogP contribution in [0.1, 0.15) is 23.6 Å². The molecule has 3 N–H and O–H groups in total. The van der Waals surface area contributed by atoms with Crippen LogP contribution in [0.25, 0.3) is 0 Å². The third kappa shape index (κ3) is 3.58. The summed E-state index contributed by atoms with van der Waals surface area (Å²) < 4.78 is 1.03. The molecular formula is C10H15BrClNO. The summed E-state index contributed by atoms with van der Waals surface area (Å²) in [5.41, 5.74) is 8.17. The van der Waals surface area contributed by atoms with Gasteiger partial charge in [0.2, 0.25) is 0 Å². The molecular weight excluding hydrogens is 265 g/mol. The molecule has 0 fully saturated rings. The van der Waals surface area contributed by atoms with Crippen LogP contribution in [0, 0.1) is 6.92 Å². The Morgan fingerprint density at radius 3 is 2.71 bits per heavy atom. The molecule has 0 aliphatic heterocycles. The summed E-state index contributed by atoms with van der Waals surface area (Å²) in [7, 11) is 0. The van der Waals surface area contributed by atoms with Crippen molar-refractivity contribution < 1.29 is 5.11 Å². The summed E-state index contributed by atoms with van der Waals surface area (Å²) in [6.07, 6.45) is 0.608. The molecule has 0 aliphatic rings. The average molecular weight is 281 g/mol. The van der Waals surface area contributed by atoms with Gasteiger partial charge in [-0.05, 0) is 36.6 Å². The zero-order valence-corrected chi connectivity index (χ0v) is 10.4. The van der Waals surface area contributed by atoms with Crippen LogP contribution < -0.4 is 5.73 Å². The van der Waals surface area contributed by atoms with Crippen molar-refractivity contribution in [1.29, 1.82) is 0 Å². The minimum absolute atomic E-state index is 0. The lowest BCUT2D eigenvalue weighted by atomic mass is 10.00. The third-order valence-electron chi connectivity index (χ3n) is 2.08. The van der Waals surface area contributed by atoms with Crippen molar-refractivity contribution in [2.45, 2.75) is 19.4 Å². The summed E-state index contributed by atoms with van der Waals surface area (Å²) in [6, 6.07) is 5.96. The Hall–Kier alpha value is -0.0900. The third-order valence-corrected chi connectivity index (χ3v) is 2.57. The van der Waals surface area contributed by atoms with Gasteiger partial charge in [-0.25, -0.2) is 0 Å². The number of hydrogen-bond donors (Lipinski definition) is 2. The van der Waals surface area contributed by atoms with Crippen LogP contribution >= 0.6 is 28.3 Å². The molecule has 0 spiro atoms. The van der Waals surface area contributed by atoms with E-state index in [0.29, 0.717) is 6.42 Å². The number of nitrogens with two attached hydrogens (primary N) is 1. The highest BCUT2D eigenvalue weighted by Gasteiger charge is 2.08. The molecule has 1 aromatic carbocycles. The standard InChI is InChI=1S/C10H14BrNO.ClH/c1-7-2-3-8(11)6-9(7)10(12)4-5-13;/h2-3,6,10,13H,4-5,12H2,1H3;1H/t10-;/m1./s1. The predicted octanol–water partition coefficient (Wildman–Crippen LogP) is 2.56. The van der Waals surface area contributed by atoms with Gasteiger partial charge in [0.05, 0.1) is 0 Å². The van der Waals surface area contributed by atoms with Crippen molar-refractivity contribution in [3.63, 3.8) is 0 Å². The highest BCUT2D eigenvalue weighted by Crippen LogP contribution is 2.22. The van der Waals surface area contributed by atoms with Gasteiger partial charge in [-0.3, -0.25) is 0 Å². The molecule has 0 heterocycles. The first-order valence-electron chi connectivity index (χ1n) is 4.27. The maximum absolute atomic E-state index is 8.77. The topological polar surface area (TPSA) is 46.2 Å². The van der Waals surface area contributed by atoms with Crippen molar-refractivity contribution in [3.05, 3.63) is 33.8 Å². The maximum atomic E-state index is 8.77. The summed E-state index contributed by atoms with van der Waals surface area (Å²) in [5, 5.41) is 8.77. The number of aryl methyl sites for hydroxylation is 1. The Bertz CT molecular complexity index is 293. The second-order valence-corrected chi connectivity index (χ2v) is 4.04. The smallest absolute Gasteiger partial charge is 0.0449 e. The van der Waals surface area contributed by atoms with Crippen molar-refractivity contribution in [2.75, 3.05) is 6.61 Å². The molecule has 80 valence electrons. The van der Waals surface area contributed by atoms with Gasteiger partial charge in [0.25, 0.3) is 0 Å². The molecule has 0 aromatic heterocycles. The molecule has 0 aliphatic carbocycles. The van der Waals surface area contributed by atoms with Crippen LogP contribution in [0.3, 0.4) is 0 Å². The lowest BCUT2D eigenvalue weighted by Crippen LogP contribution is -2.13. The molecule has 2 nitrogen and oxygen atoms in total. The van der Waals surface area contributed by atoms with Gasteiger partial charge in [0.15, 0.2) is 0 Å². The predicted molar refractivity (Wildman–Crippen MR) is 64.8 cm³/mol. The van der Waals surface area contributed by atoms with E-state index >= 15 is 0 Å². The van der Waals surface area contributed by atoms with Crippen LogP contribution in [0.4, 0.5) is 0 Å². The first kappa shape index (κ1) is 13.9. The van der Waals surface area contributed by atoms with E-state index in [2.05, 4.69) is 15.9 Å².